The van der Waals surface area contributed by atoms with Gasteiger partial charge in [-0.15, -0.1) is 0 Å². The molecular formula is C18H27N3O2. The van der Waals surface area contributed by atoms with Gasteiger partial charge in [-0.25, -0.2) is 0 Å². The van der Waals surface area contributed by atoms with Crippen LogP contribution in [-0.2, 0) is 4.79 Å². The Hall–Kier alpha value is -1.59. The third kappa shape index (κ3) is 3.51. The average molecular weight is 317 g/mol. The molecule has 2 aliphatic heterocycles. The second-order valence-electron chi connectivity index (χ2n) is 6.55. The van der Waals surface area contributed by atoms with Gasteiger partial charge in [0.05, 0.1) is 13.2 Å². The smallest absolute Gasteiger partial charge is 0.225 e. The van der Waals surface area contributed by atoms with Gasteiger partial charge in [0.15, 0.2) is 0 Å². The Morgan fingerprint density at radius 2 is 1.96 bits per heavy atom. The first-order valence-corrected chi connectivity index (χ1v) is 8.53. The van der Waals surface area contributed by atoms with Crippen molar-refractivity contribution in [3.8, 4) is 5.75 Å². The van der Waals surface area contributed by atoms with E-state index in [4.69, 9.17) is 4.74 Å². The molecule has 1 amide bonds. The highest BCUT2D eigenvalue weighted by Crippen LogP contribution is 2.32. The molecule has 0 radical (unpaired) electrons. The van der Waals surface area contributed by atoms with Crippen LogP contribution in [0.2, 0.25) is 0 Å². The fourth-order valence-electron chi connectivity index (χ4n) is 3.68. The molecule has 1 aromatic rings. The summed E-state index contributed by atoms with van der Waals surface area (Å²) in [5.41, 5.74) is 1.17. The molecule has 5 heteroatoms. The van der Waals surface area contributed by atoms with Crippen LogP contribution in [0.15, 0.2) is 24.3 Å². The van der Waals surface area contributed by atoms with Gasteiger partial charge in [0.1, 0.15) is 5.75 Å². The molecule has 5 nitrogen and oxygen atoms in total. The third-order valence-corrected chi connectivity index (χ3v) is 5.15. The number of para-hydroxylation sites is 1. The van der Waals surface area contributed by atoms with Gasteiger partial charge in [0, 0.05) is 31.1 Å². The lowest BCUT2D eigenvalue weighted by atomic mass is 9.95. The number of likely N-dealkylation sites (N-methyl/N-ethyl adjacent to an activating group) is 1. The Balaban J connectivity index is 1.75. The van der Waals surface area contributed by atoms with E-state index in [1.165, 1.54) is 5.56 Å². The van der Waals surface area contributed by atoms with Crippen molar-refractivity contribution >= 4 is 5.91 Å². The summed E-state index contributed by atoms with van der Waals surface area (Å²) in [4.78, 5) is 17.2. The standard InChI is InChI=1S/C18H27N3O2/c1-20-11-12-21(18(22)14-7-9-19-10-8-14)13-16(20)15-5-3-4-6-17(15)23-2/h3-6,14,16,19H,7-13H2,1-2H3/t16-/m0/s1. The van der Waals surface area contributed by atoms with Gasteiger partial charge in [-0.1, -0.05) is 18.2 Å². The van der Waals surface area contributed by atoms with Crippen LogP contribution in [0.4, 0.5) is 0 Å². The summed E-state index contributed by atoms with van der Waals surface area (Å²) in [5.74, 6) is 1.43. The predicted octanol–water partition coefficient (Wildman–Crippen LogP) is 1.51. The highest BCUT2D eigenvalue weighted by molar-refractivity contribution is 5.79. The zero-order valence-corrected chi connectivity index (χ0v) is 14.1. The topological polar surface area (TPSA) is 44.8 Å². The molecule has 1 aromatic carbocycles. The highest BCUT2D eigenvalue weighted by atomic mass is 16.5. The number of piperazine rings is 1. The fourth-order valence-corrected chi connectivity index (χ4v) is 3.68. The summed E-state index contributed by atoms with van der Waals surface area (Å²) in [6.07, 6.45) is 1.93. The molecule has 126 valence electrons. The number of nitrogens with one attached hydrogen (secondary N) is 1. The molecule has 2 aliphatic rings. The lowest BCUT2D eigenvalue weighted by molar-refractivity contribution is -0.139. The SMILES string of the molecule is COc1ccccc1[C@@H]1CN(C(=O)C2CCNCC2)CCN1C. The highest BCUT2D eigenvalue weighted by Gasteiger charge is 2.33. The summed E-state index contributed by atoms with van der Waals surface area (Å²) < 4.78 is 5.52. The molecular weight excluding hydrogens is 290 g/mol. The maximum atomic E-state index is 12.8. The van der Waals surface area contributed by atoms with E-state index in [1.54, 1.807) is 7.11 Å². The van der Waals surface area contributed by atoms with Crippen molar-refractivity contribution in [2.45, 2.75) is 18.9 Å². The molecule has 2 fully saturated rings. The van der Waals surface area contributed by atoms with Crippen LogP contribution < -0.4 is 10.1 Å². The number of benzene rings is 1. The number of ether oxygens (including phenoxy) is 1. The quantitative estimate of drug-likeness (QED) is 0.918. The molecule has 2 heterocycles. The zero-order valence-electron chi connectivity index (χ0n) is 14.1. The van der Waals surface area contributed by atoms with Crippen molar-refractivity contribution < 1.29 is 9.53 Å². The Morgan fingerprint density at radius 1 is 1.22 bits per heavy atom. The molecule has 1 N–H and O–H groups in total. The van der Waals surface area contributed by atoms with Crippen LogP contribution in [0.1, 0.15) is 24.4 Å². The van der Waals surface area contributed by atoms with Crippen LogP contribution in [0.3, 0.4) is 0 Å². The minimum Gasteiger partial charge on any atom is -0.496 e. The van der Waals surface area contributed by atoms with Gasteiger partial charge in [0.25, 0.3) is 0 Å². The number of rotatable bonds is 3. The number of carbonyl (C=O) groups excluding carboxylic acids is 1. The van der Waals surface area contributed by atoms with Crippen molar-refractivity contribution in [2.75, 3.05) is 46.9 Å². The number of hydrogen-bond acceptors (Lipinski definition) is 4. The summed E-state index contributed by atoms with van der Waals surface area (Å²) in [7, 11) is 3.84. The van der Waals surface area contributed by atoms with E-state index in [-0.39, 0.29) is 12.0 Å². The molecule has 1 atom stereocenters. The molecule has 0 unspecified atom stereocenters. The molecule has 0 aliphatic carbocycles. The Labute approximate surface area is 138 Å². The van der Waals surface area contributed by atoms with Gasteiger partial charge in [-0.05, 0) is 39.0 Å². The van der Waals surface area contributed by atoms with Gasteiger partial charge in [-0.2, -0.15) is 0 Å². The van der Waals surface area contributed by atoms with E-state index in [0.29, 0.717) is 5.91 Å². The minimum atomic E-state index is 0.193. The molecule has 23 heavy (non-hydrogen) atoms. The number of nitrogens with zero attached hydrogens (tertiary/aromatic N) is 2. The van der Waals surface area contributed by atoms with E-state index in [2.05, 4.69) is 28.2 Å². The lowest BCUT2D eigenvalue weighted by Crippen LogP contribution is -2.51. The maximum absolute atomic E-state index is 12.8. The number of amides is 1. The first-order chi connectivity index (χ1) is 11.2. The molecule has 0 spiro atoms. The molecule has 0 saturated carbocycles. The number of carbonyl (C=O) groups is 1. The van der Waals surface area contributed by atoms with Gasteiger partial charge < -0.3 is 15.0 Å². The molecule has 0 aromatic heterocycles. The van der Waals surface area contributed by atoms with Crippen molar-refractivity contribution in [2.24, 2.45) is 5.92 Å². The first kappa shape index (κ1) is 16.3. The maximum Gasteiger partial charge on any atom is 0.225 e. The van der Waals surface area contributed by atoms with Crippen LogP contribution in [0.25, 0.3) is 0 Å². The summed E-state index contributed by atoms with van der Waals surface area (Å²) in [6, 6.07) is 8.34. The van der Waals surface area contributed by atoms with Crippen molar-refractivity contribution in [3.63, 3.8) is 0 Å². The number of hydrogen-bond donors (Lipinski definition) is 1. The van der Waals surface area contributed by atoms with Crippen LogP contribution in [0, 0.1) is 5.92 Å². The predicted molar refractivity (Wildman–Crippen MR) is 90.5 cm³/mol. The average Bonchev–Trinajstić information content (AvgIpc) is 2.62. The number of piperidine rings is 1. The largest absolute Gasteiger partial charge is 0.496 e. The monoisotopic (exact) mass is 317 g/mol. The van der Waals surface area contributed by atoms with Crippen LogP contribution >= 0.6 is 0 Å². The van der Waals surface area contributed by atoms with Crippen LogP contribution in [-0.4, -0.2) is 62.6 Å². The van der Waals surface area contributed by atoms with Crippen molar-refractivity contribution in [1.82, 2.24) is 15.1 Å². The second-order valence-corrected chi connectivity index (χ2v) is 6.55. The van der Waals surface area contributed by atoms with E-state index in [9.17, 15) is 4.79 Å². The Kier molecular flexibility index (Phi) is 5.18. The Bertz CT molecular complexity index is 543. The Morgan fingerprint density at radius 3 is 2.70 bits per heavy atom. The summed E-state index contributed by atoms with van der Waals surface area (Å²) in [6.45, 7) is 4.39. The molecule has 0 bridgehead atoms. The van der Waals surface area contributed by atoms with E-state index in [1.807, 2.05) is 18.2 Å². The summed E-state index contributed by atoms with van der Waals surface area (Å²) in [5, 5.41) is 3.33. The van der Waals surface area contributed by atoms with Crippen molar-refractivity contribution in [3.05, 3.63) is 29.8 Å². The second kappa shape index (κ2) is 7.32. The number of methoxy groups -OCH3 is 1. The zero-order chi connectivity index (χ0) is 16.2. The third-order valence-electron chi connectivity index (χ3n) is 5.15. The van der Waals surface area contributed by atoms with Gasteiger partial charge in [0.2, 0.25) is 5.91 Å². The lowest BCUT2D eigenvalue weighted by Gasteiger charge is -2.41. The first-order valence-electron chi connectivity index (χ1n) is 8.53. The normalized spacial score (nSPS) is 23.7. The van der Waals surface area contributed by atoms with Gasteiger partial charge >= 0.3 is 0 Å². The molecule has 2 saturated heterocycles. The molecule has 3 rings (SSSR count). The van der Waals surface area contributed by atoms with E-state index in [0.717, 1.165) is 51.3 Å². The van der Waals surface area contributed by atoms with E-state index >= 15 is 0 Å². The van der Waals surface area contributed by atoms with Crippen molar-refractivity contribution in [1.29, 1.82) is 0 Å². The fraction of sp³-hybridized carbons (Fsp3) is 0.611. The van der Waals surface area contributed by atoms with Crippen LogP contribution in [0.5, 0.6) is 5.75 Å². The van der Waals surface area contributed by atoms with Gasteiger partial charge in [-0.3, -0.25) is 9.69 Å². The minimum absolute atomic E-state index is 0.193. The van der Waals surface area contributed by atoms with E-state index < -0.39 is 0 Å². The summed E-state index contributed by atoms with van der Waals surface area (Å²) >= 11 is 0.